The minimum absolute atomic E-state index is 0.0168. The number of carbonyl (C=O) groups is 2. The maximum absolute atomic E-state index is 12.7. The van der Waals surface area contributed by atoms with Gasteiger partial charge in [-0.05, 0) is 81.8 Å². The number of aryl methyl sites for hydroxylation is 2. The Bertz CT molecular complexity index is 882. The molecule has 1 fully saturated rings. The summed E-state index contributed by atoms with van der Waals surface area (Å²) in [6, 6.07) is 13.5. The van der Waals surface area contributed by atoms with Gasteiger partial charge in [-0.1, -0.05) is 25.1 Å². The zero-order valence-corrected chi connectivity index (χ0v) is 18.4. The lowest BCUT2D eigenvalue weighted by atomic mass is 9.97. The van der Waals surface area contributed by atoms with E-state index in [-0.39, 0.29) is 30.5 Å². The Labute approximate surface area is 179 Å². The lowest BCUT2D eigenvalue weighted by molar-refractivity contribution is -0.139. The third-order valence-electron chi connectivity index (χ3n) is 5.94. The monoisotopic (exact) mass is 408 g/mol. The van der Waals surface area contributed by atoms with Crippen molar-refractivity contribution in [1.82, 2.24) is 4.90 Å². The number of carbonyl (C=O) groups excluding carboxylic acids is 2. The molecule has 1 heterocycles. The van der Waals surface area contributed by atoms with Crippen molar-refractivity contribution in [1.29, 1.82) is 0 Å². The second-order valence-corrected chi connectivity index (χ2v) is 8.16. The first kappa shape index (κ1) is 21.9. The van der Waals surface area contributed by atoms with E-state index in [1.165, 1.54) is 6.42 Å². The zero-order valence-electron chi connectivity index (χ0n) is 18.4. The first-order chi connectivity index (χ1) is 14.4. The highest BCUT2D eigenvalue weighted by molar-refractivity contribution is 6.05. The molecule has 2 aromatic rings. The topological polar surface area (TPSA) is 58.6 Å². The van der Waals surface area contributed by atoms with Gasteiger partial charge in [0.2, 0.25) is 0 Å². The Morgan fingerprint density at radius 2 is 1.73 bits per heavy atom. The summed E-state index contributed by atoms with van der Waals surface area (Å²) < 4.78 is 5.70. The molecule has 0 saturated carbocycles. The van der Waals surface area contributed by atoms with Gasteiger partial charge in [-0.15, -0.1) is 0 Å². The molecular weight excluding hydrogens is 376 g/mol. The molecule has 0 bridgehead atoms. The maximum Gasteiger partial charge on any atom is 0.260 e. The predicted octanol–water partition coefficient (Wildman–Crippen LogP) is 4.98. The Hall–Kier alpha value is -2.82. The van der Waals surface area contributed by atoms with Crippen LogP contribution >= 0.6 is 0 Å². The van der Waals surface area contributed by atoms with Crippen molar-refractivity contribution in [3.8, 4) is 5.75 Å². The normalized spacial score (nSPS) is 18.7. The highest BCUT2D eigenvalue weighted by Gasteiger charge is 2.29. The van der Waals surface area contributed by atoms with Crippen molar-refractivity contribution in [3.05, 3.63) is 59.2 Å². The summed E-state index contributed by atoms with van der Waals surface area (Å²) >= 11 is 0. The van der Waals surface area contributed by atoms with E-state index < -0.39 is 0 Å². The van der Waals surface area contributed by atoms with Crippen LogP contribution in [0.2, 0.25) is 0 Å². The van der Waals surface area contributed by atoms with E-state index in [0.717, 1.165) is 36.1 Å². The van der Waals surface area contributed by atoms with Crippen LogP contribution in [0, 0.1) is 6.92 Å². The standard InChI is InChI=1S/C25H32N2O3/c1-5-20-11-6-8-17(2)24(20)26-25(29)21-12-14-22(15-13-21)30-16-23(28)27-18(3)9-7-10-19(27)4/h6,8,11-15,18-19H,5,7,9-10,16H2,1-4H3,(H,26,29)/t18-,19-/m1/s1. The number of hydrogen-bond acceptors (Lipinski definition) is 3. The van der Waals surface area contributed by atoms with E-state index in [0.29, 0.717) is 11.3 Å². The second-order valence-electron chi connectivity index (χ2n) is 8.16. The first-order valence-corrected chi connectivity index (χ1v) is 10.8. The van der Waals surface area contributed by atoms with Gasteiger partial charge in [0.05, 0.1) is 0 Å². The summed E-state index contributed by atoms with van der Waals surface area (Å²) in [6.45, 7) is 8.28. The molecule has 0 spiro atoms. The van der Waals surface area contributed by atoms with Gasteiger partial charge in [0, 0.05) is 23.3 Å². The van der Waals surface area contributed by atoms with Crippen molar-refractivity contribution in [2.45, 2.75) is 65.5 Å². The number of ether oxygens (including phenoxy) is 1. The molecule has 5 heteroatoms. The molecule has 30 heavy (non-hydrogen) atoms. The first-order valence-electron chi connectivity index (χ1n) is 10.8. The number of para-hydroxylation sites is 1. The van der Waals surface area contributed by atoms with E-state index in [9.17, 15) is 9.59 Å². The van der Waals surface area contributed by atoms with Crippen LogP contribution in [0.5, 0.6) is 5.75 Å². The lowest BCUT2D eigenvalue weighted by Crippen LogP contribution is -2.49. The molecule has 0 radical (unpaired) electrons. The lowest BCUT2D eigenvalue weighted by Gasteiger charge is -2.38. The summed E-state index contributed by atoms with van der Waals surface area (Å²) in [7, 11) is 0. The molecule has 2 aromatic carbocycles. The van der Waals surface area contributed by atoms with Crippen LogP contribution in [0.1, 0.15) is 61.5 Å². The van der Waals surface area contributed by atoms with Crippen LogP contribution in [0.25, 0.3) is 0 Å². The van der Waals surface area contributed by atoms with Gasteiger partial charge in [0.1, 0.15) is 5.75 Å². The largest absolute Gasteiger partial charge is 0.484 e. The van der Waals surface area contributed by atoms with Crippen molar-refractivity contribution >= 4 is 17.5 Å². The average Bonchev–Trinajstić information content (AvgIpc) is 2.74. The summed E-state index contributed by atoms with van der Waals surface area (Å²) in [5.74, 6) is 0.447. The van der Waals surface area contributed by atoms with Gasteiger partial charge < -0.3 is 15.0 Å². The van der Waals surface area contributed by atoms with E-state index in [2.05, 4.69) is 26.1 Å². The molecule has 0 aliphatic carbocycles. The number of rotatable bonds is 6. The van der Waals surface area contributed by atoms with Gasteiger partial charge >= 0.3 is 0 Å². The SMILES string of the molecule is CCc1cccc(C)c1NC(=O)c1ccc(OCC(=O)N2[C@H](C)CCC[C@H]2C)cc1. The smallest absolute Gasteiger partial charge is 0.260 e. The number of nitrogens with one attached hydrogen (secondary N) is 1. The second kappa shape index (κ2) is 9.79. The molecule has 1 aliphatic heterocycles. The fourth-order valence-corrected chi connectivity index (χ4v) is 4.22. The summed E-state index contributed by atoms with van der Waals surface area (Å²) in [4.78, 5) is 27.2. The fourth-order valence-electron chi connectivity index (χ4n) is 4.22. The molecule has 0 aromatic heterocycles. The summed E-state index contributed by atoms with van der Waals surface area (Å²) in [5, 5.41) is 3.03. The number of amides is 2. The van der Waals surface area contributed by atoms with Crippen LogP contribution in [-0.2, 0) is 11.2 Å². The predicted molar refractivity (Wildman–Crippen MR) is 120 cm³/mol. The minimum Gasteiger partial charge on any atom is -0.484 e. The molecule has 2 atom stereocenters. The number of hydrogen-bond donors (Lipinski definition) is 1. The third kappa shape index (κ3) is 5.02. The highest BCUT2D eigenvalue weighted by atomic mass is 16.5. The van der Waals surface area contributed by atoms with Crippen LogP contribution in [0.4, 0.5) is 5.69 Å². The van der Waals surface area contributed by atoms with Gasteiger partial charge in [-0.25, -0.2) is 0 Å². The molecule has 0 unspecified atom stereocenters. The van der Waals surface area contributed by atoms with E-state index in [1.807, 2.05) is 30.0 Å². The van der Waals surface area contributed by atoms with Gasteiger partial charge in [-0.3, -0.25) is 9.59 Å². The minimum atomic E-state index is -0.155. The van der Waals surface area contributed by atoms with Crippen LogP contribution < -0.4 is 10.1 Å². The van der Waals surface area contributed by atoms with Crippen molar-refractivity contribution in [3.63, 3.8) is 0 Å². The molecule has 1 saturated heterocycles. The molecule has 5 nitrogen and oxygen atoms in total. The molecular formula is C25H32N2O3. The van der Waals surface area contributed by atoms with Crippen LogP contribution in [-0.4, -0.2) is 35.4 Å². The Balaban J connectivity index is 1.60. The fraction of sp³-hybridized carbons (Fsp3) is 0.440. The Morgan fingerprint density at radius 3 is 2.37 bits per heavy atom. The van der Waals surface area contributed by atoms with Crippen LogP contribution in [0.15, 0.2) is 42.5 Å². The highest BCUT2D eigenvalue weighted by Crippen LogP contribution is 2.24. The molecule has 1 aliphatic rings. The van der Waals surface area contributed by atoms with Crippen molar-refractivity contribution in [2.24, 2.45) is 0 Å². The Kier molecular flexibility index (Phi) is 7.14. The quantitative estimate of drug-likeness (QED) is 0.733. The molecule has 160 valence electrons. The molecule has 1 N–H and O–H groups in total. The summed E-state index contributed by atoms with van der Waals surface area (Å²) in [6.07, 6.45) is 4.10. The Morgan fingerprint density at radius 1 is 1.07 bits per heavy atom. The zero-order chi connectivity index (χ0) is 21.7. The maximum atomic E-state index is 12.7. The van der Waals surface area contributed by atoms with Gasteiger partial charge in [0.15, 0.2) is 6.61 Å². The van der Waals surface area contributed by atoms with Crippen molar-refractivity contribution in [2.75, 3.05) is 11.9 Å². The van der Waals surface area contributed by atoms with E-state index in [1.54, 1.807) is 24.3 Å². The van der Waals surface area contributed by atoms with Crippen molar-refractivity contribution < 1.29 is 14.3 Å². The molecule has 2 amide bonds. The third-order valence-corrected chi connectivity index (χ3v) is 5.94. The average molecular weight is 409 g/mol. The van der Waals surface area contributed by atoms with Crippen LogP contribution in [0.3, 0.4) is 0 Å². The molecule has 3 rings (SSSR count). The van der Waals surface area contributed by atoms with Gasteiger partial charge in [0.25, 0.3) is 11.8 Å². The number of anilines is 1. The van der Waals surface area contributed by atoms with E-state index >= 15 is 0 Å². The van der Waals surface area contributed by atoms with E-state index in [4.69, 9.17) is 4.74 Å². The number of likely N-dealkylation sites (tertiary alicyclic amines) is 1. The van der Waals surface area contributed by atoms with Gasteiger partial charge in [-0.2, -0.15) is 0 Å². The number of piperidine rings is 1. The number of nitrogens with zero attached hydrogens (tertiary/aromatic N) is 1. The summed E-state index contributed by atoms with van der Waals surface area (Å²) in [5.41, 5.74) is 3.59. The number of benzene rings is 2.